The van der Waals surface area contributed by atoms with E-state index in [1.54, 1.807) is 7.24 Å². The molecule has 0 nitrogen and oxygen atoms in total. The van der Waals surface area contributed by atoms with Crippen LogP contribution in [0.1, 0.15) is 51.7 Å². The molecule has 2 atom stereocenters. The van der Waals surface area contributed by atoms with Crippen LogP contribution in [0.4, 0.5) is 0 Å². The third-order valence-electron chi connectivity index (χ3n) is 4.50. The molecule has 25 heavy (non-hydrogen) atoms. The summed E-state index contributed by atoms with van der Waals surface area (Å²) in [5, 5.41) is 0. The molecule has 0 spiro atoms. The Balaban J connectivity index is 2.41. The van der Waals surface area contributed by atoms with Crippen molar-refractivity contribution >= 4 is 28.2 Å². The summed E-state index contributed by atoms with van der Waals surface area (Å²) < 4.78 is 3.14. The maximum atomic E-state index is 2.52. The Morgan fingerprint density at radius 2 is 1.08 bits per heavy atom. The van der Waals surface area contributed by atoms with Crippen LogP contribution in [0.2, 0.25) is 0 Å². The van der Waals surface area contributed by atoms with Gasteiger partial charge in [0.15, 0.2) is 0 Å². The molecule has 0 N–H and O–H groups in total. The molecule has 132 valence electrons. The van der Waals surface area contributed by atoms with E-state index in [0.717, 1.165) is 0 Å². The fourth-order valence-electron chi connectivity index (χ4n) is 2.45. The summed E-state index contributed by atoms with van der Waals surface area (Å²) in [5.41, 5.74) is 2.80. The zero-order chi connectivity index (χ0) is 18.1. The van der Waals surface area contributed by atoms with Crippen molar-refractivity contribution in [1.82, 2.24) is 0 Å². The first-order chi connectivity index (χ1) is 12.1. The van der Waals surface area contributed by atoms with Crippen molar-refractivity contribution in [3.63, 3.8) is 0 Å². The Morgan fingerprint density at radius 3 is 1.40 bits per heavy atom. The third-order valence-corrected chi connectivity index (χ3v) is 7.87. The van der Waals surface area contributed by atoms with E-state index in [1.807, 2.05) is 0 Å². The zero-order valence-electron chi connectivity index (χ0n) is 15.9. The van der Waals surface area contributed by atoms with Crippen LogP contribution < -0.4 is 0 Å². The summed E-state index contributed by atoms with van der Waals surface area (Å²) in [4.78, 5) is 0. The van der Waals surface area contributed by atoms with E-state index in [-0.39, 0.29) is 0 Å². The minimum absolute atomic E-state index is 0.441. The summed E-state index contributed by atoms with van der Waals surface area (Å²) >= 11 is -0.441. The predicted octanol–water partition coefficient (Wildman–Crippen LogP) is 6.87. The summed E-state index contributed by atoms with van der Waals surface area (Å²) in [6.07, 6.45) is 7.42. The molecule has 0 saturated carbocycles. The molecule has 0 aromatic heterocycles. The Bertz CT molecular complexity index is 621. The van der Waals surface area contributed by atoms with Gasteiger partial charge in [-0.05, 0) is 0 Å². The molecule has 2 unspecified atom stereocenters. The fourth-order valence-corrected chi connectivity index (χ4v) is 6.29. The molecular formula is C24H30Te. The van der Waals surface area contributed by atoms with Crippen molar-refractivity contribution in [2.24, 2.45) is 11.8 Å². The van der Waals surface area contributed by atoms with Gasteiger partial charge in [-0.3, -0.25) is 0 Å². The topological polar surface area (TPSA) is 0 Å². The van der Waals surface area contributed by atoms with Crippen LogP contribution in [0, 0.1) is 11.8 Å². The van der Waals surface area contributed by atoms with Crippen LogP contribution in [-0.4, -0.2) is 20.9 Å². The molecule has 2 aromatic carbocycles. The Labute approximate surface area is 164 Å². The van der Waals surface area contributed by atoms with Crippen molar-refractivity contribution < 1.29 is 0 Å². The summed E-state index contributed by atoms with van der Waals surface area (Å²) in [6.45, 7) is 9.21. The first kappa shape index (κ1) is 20.0. The van der Waals surface area contributed by atoms with Crippen molar-refractivity contribution in [1.29, 1.82) is 0 Å². The van der Waals surface area contributed by atoms with Gasteiger partial charge in [-0.15, -0.1) is 0 Å². The van der Waals surface area contributed by atoms with E-state index in [0.29, 0.717) is 11.8 Å². The van der Waals surface area contributed by atoms with Crippen LogP contribution in [0.5, 0.6) is 0 Å². The Kier molecular flexibility index (Phi) is 8.53. The van der Waals surface area contributed by atoms with E-state index in [4.69, 9.17) is 0 Å². The summed E-state index contributed by atoms with van der Waals surface area (Å²) in [6, 6.07) is 21.9. The number of hydrogen-bond acceptors (Lipinski definition) is 0. The van der Waals surface area contributed by atoms with Gasteiger partial charge in [-0.25, -0.2) is 0 Å². The second-order valence-corrected chi connectivity index (χ2v) is 9.76. The molecule has 2 rings (SSSR count). The van der Waals surface area contributed by atoms with Crippen molar-refractivity contribution in [2.75, 3.05) is 0 Å². The minimum atomic E-state index is -0.441. The number of rotatable bonds is 8. The van der Waals surface area contributed by atoms with Crippen LogP contribution in [0.25, 0.3) is 7.24 Å². The summed E-state index contributed by atoms with van der Waals surface area (Å²) in [5.74, 6) is 1.25. The van der Waals surface area contributed by atoms with Gasteiger partial charge in [0.05, 0.1) is 0 Å². The predicted molar refractivity (Wildman–Crippen MR) is 114 cm³/mol. The molecule has 0 aliphatic carbocycles. The standard InChI is InChI=1S/C24H30Te/c1-5-19(3)17-23(21-13-9-7-10-14-21)25-24(18-20(4)6-2)22-15-11-8-12-16-22/h7-20H,5-6H2,1-4H3/b23-17-,24-18-. The molecule has 0 aliphatic heterocycles. The molecule has 0 radical (unpaired) electrons. The number of hydrogen-bond donors (Lipinski definition) is 0. The van der Waals surface area contributed by atoms with E-state index in [9.17, 15) is 0 Å². The molecule has 0 bridgehead atoms. The van der Waals surface area contributed by atoms with Gasteiger partial charge < -0.3 is 0 Å². The van der Waals surface area contributed by atoms with Crippen LogP contribution in [0.15, 0.2) is 72.8 Å². The molecule has 0 aliphatic rings. The second kappa shape index (κ2) is 10.6. The van der Waals surface area contributed by atoms with E-state index in [1.165, 1.54) is 24.0 Å². The quantitative estimate of drug-likeness (QED) is 0.389. The number of benzene rings is 2. The third kappa shape index (κ3) is 6.50. The first-order valence-corrected chi connectivity index (χ1v) is 11.7. The van der Waals surface area contributed by atoms with Gasteiger partial charge in [0.25, 0.3) is 0 Å². The SMILES string of the molecule is CCC(C)/C=C(\[Te]/C(=C\C(C)CC)c1ccccc1)c1ccccc1. The second-order valence-electron chi connectivity index (χ2n) is 6.67. The van der Waals surface area contributed by atoms with Crippen LogP contribution in [0.3, 0.4) is 0 Å². The van der Waals surface area contributed by atoms with Gasteiger partial charge in [0.2, 0.25) is 0 Å². The van der Waals surface area contributed by atoms with Crippen LogP contribution in [-0.2, 0) is 0 Å². The normalized spacial score (nSPS) is 15.0. The van der Waals surface area contributed by atoms with E-state index in [2.05, 4.69) is 101 Å². The van der Waals surface area contributed by atoms with Gasteiger partial charge in [-0.1, -0.05) is 0 Å². The van der Waals surface area contributed by atoms with E-state index >= 15 is 0 Å². The maximum absolute atomic E-state index is 2.52. The molecule has 1 heteroatoms. The average Bonchev–Trinajstić information content (AvgIpc) is 2.67. The van der Waals surface area contributed by atoms with Crippen LogP contribution >= 0.6 is 0 Å². The van der Waals surface area contributed by atoms with Crippen molar-refractivity contribution in [3.8, 4) is 0 Å². The average molecular weight is 446 g/mol. The van der Waals surface area contributed by atoms with Gasteiger partial charge >= 0.3 is 164 Å². The molecule has 0 heterocycles. The molecular weight excluding hydrogens is 416 g/mol. The van der Waals surface area contributed by atoms with Gasteiger partial charge in [-0.2, -0.15) is 0 Å². The van der Waals surface area contributed by atoms with Gasteiger partial charge in [0.1, 0.15) is 0 Å². The molecule has 0 saturated heterocycles. The molecule has 0 amide bonds. The monoisotopic (exact) mass is 448 g/mol. The van der Waals surface area contributed by atoms with Crippen molar-refractivity contribution in [3.05, 3.63) is 83.9 Å². The fraction of sp³-hybridized carbons (Fsp3) is 0.333. The van der Waals surface area contributed by atoms with Gasteiger partial charge in [0, 0.05) is 0 Å². The van der Waals surface area contributed by atoms with Crippen molar-refractivity contribution in [2.45, 2.75) is 40.5 Å². The Hall–Kier alpha value is -1.29. The first-order valence-electron chi connectivity index (χ1n) is 9.36. The van der Waals surface area contributed by atoms with E-state index < -0.39 is 20.9 Å². The molecule has 2 aromatic rings. The number of allylic oxidation sites excluding steroid dienone is 2. The summed E-state index contributed by atoms with van der Waals surface area (Å²) in [7, 11) is 0. The Morgan fingerprint density at radius 1 is 0.720 bits per heavy atom. The zero-order valence-corrected chi connectivity index (χ0v) is 18.2. The molecule has 0 fully saturated rings.